The molecule has 3 aromatic rings. The molecule has 2 aromatic carbocycles. The highest BCUT2D eigenvalue weighted by Crippen LogP contribution is 2.32. The number of halogens is 3. The molecule has 214 valence electrons. The first-order chi connectivity index (χ1) is 19.1. The lowest BCUT2D eigenvalue weighted by Crippen LogP contribution is -2.52. The molecule has 1 aromatic heterocycles. The van der Waals surface area contributed by atoms with Gasteiger partial charge in [-0.15, -0.1) is 11.3 Å². The summed E-state index contributed by atoms with van der Waals surface area (Å²) >= 11 is 1.15. The lowest BCUT2D eigenvalue weighted by molar-refractivity contribution is -0.137. The van der Waals surface area contributed by atoms with Gasteiger partial charge in [0, 0.05) is 56.9 Å². The SMILES string of the molecule is CN(C)CCN(Cc1ccccc1)C(=O)CN1CCN(C(=O)c2csc(Nc3cccc(C(F)(F)F)c3)n2)CC1. The number of anilines is 2. The average molecular weight is 575 g/mol. The first kappa shape index (κ1) is 29.5. The van der Waals surface area contributed by atoms with Crippen LogP contribution in [0.2, 0.25) is 0 Å². The Bertz CT molecular complexity index is 1280. The van der Waals surface area contributed by atoms with Crippen molar-refractivity contribution < 1.29 is 22.8 Å². The normalized spacial score (nSPS) is 14.4. The molecule has 0 atom stereocenters. The van der Waals surface area contributed by atoms with Crippen LogP contribution in [0.1, 0.15) is 21.6 Å². The van der Waals surface area contributed by atoms with Gasteiger partial charge in [0.15, 0.2) is 5.13 Å². The number of hydrogen-bond acceptors (Lipinski definition) is 7. The highest BCUT2D eigenvalue weighted by molar-refractivity contribution is 7.14. The number of hydrogen-bond donors (Lipinski definition) is 1. The molecule has 0 saturated carbocycles. The Morgan fingerprint density at radius 2 is 1.73 bits per heavy atom. The van der Waals surface area contributed by atoms with Gasteiger partial charge >= 0.3 is 6.18 Å². The third-order valence-corrected chi connectivity index (χ3v) is 7.33. The van der Waals surface area contributed by atoms with Crippen molar-refractivity contribution in [1.82, 2.24) is 24.6 Å². The van der Waals surface area contributed by atoms with E-state index in [1.54, 1.807) is 10.3 Å². The number of nitrogens with zero attached hydrogens (tertiary/aromatic N) is 5. The van der Waals surface area contributed by atoms with Crippen LogP contribution in [-0.4, -0.2) is 96.3 Å². The highest BCUT2D eigenvalue weighted by Gasteiger charge is 2.30. The van der Waals surface area contributed by atoms with Crippen LogP contribution in [0.5, 0.6) is 0 Å². The van der Waals surface area contributed by atoms with Gasteiger partial charge < -0.3 is 20.0 Å². The smallest absolute Gasteiger partial charge is 0.336 e. The number of benzene rings is 2. The lowest BCUT2D eigenvalue weighted by Gasteiger charge is -2.35. The zero-order chi connectivity index (χ0) is 28.7. The van der Waals surface area contributed by atoms with Gasteiger partial charge in [-0.05, 0) is 37.9 Å². The van der Waals surface area contributed by atoms with Gasteiger partial charge in [-0.3, -0.25) is 14.5 Å². The zero-order valence-electron chi connectivity index (χ0n) is 22.5. The summed E-state index contributed by atoms with van der Waals surface area (Å²) in [5, 5.41) is 4.79. The van der Waals surface area contributed by atoms with Crippen molar-refractivity contribution in [3.05, 3.63) is 76.8 Å². The lowest BCUT2D eigenvalue weighted by atomic mass is 10.2. The van der Waals surface area contributed by atoms with Gasteiger partial charge in [-0.1, -0.05) is 36.4 Å². The standard InChI is InChI=1S/C28H33F3N6O2S/c1-34(2)11-14-37(18-21-7-4-3-5-8-21)25(38)19-35-12-15-36(16-13-35)26(39)24-20-40-27(33-24)32-23-10-6-9-22(17-23)28(29,30)31/h3-10,17,20H,11-16,18-19H2,1-2H3,(H,32,33). The molecular formula is C28H33F3N6O2S. The molecule has 0 aliphatic carbocycles. The molecule has 1 fully saturated rings. The number of aromatic nitrogens is 1. The van der Waals surface area contributed by atoms with Crippen molar-refractivity contribution in [3.63, 3.8) is 0 Å². The minimum absolute atomic E-state index is 0.0512. The molecule has 1 N–H and O–H groups in total. The monoisotopic (exact) mass is 574 g/mol. The second-order valence-electron chi connectivity index (χ2n) is 9.91. The minimum atomic E-state index is -4.44. The van der Waals surface area contributed by atoms with E-state index in [1.165, 1.54) is 12.1 Å². The van der Waals surface area contributed by atoms with E-state index >= 15 is 0 Å². The maximum atomic E-state index is 13.2. The molecule has 2 amide bonds. The molecular weight excluding hydrogens is 541 g/mol. The van der Waals surface area contributed by atoms with Crippen LogP contribution in [0.25, 0.3) is 0 Å². The van der Waals surface area contributed by atoms with Crippen LogP contribution < -0.4 is 5.32 Å². The van der Waals surface area contributed by atoms with Crippen molar-refractivity contribution in [2.45, 2.75) is 12.7 Å². The number of amides is 2. The van der Waals surface area contributed by atoms with E-state index in [9.17, 15) is 22.8 Å². The van der Waals surface area contributed by atoms with Crippen molar-refractivity contribution in [2.24, 2.45) is 0 Å². The second kappa shape index (κ2) is 13.2. The largest absolute Gasteiger partial charge is 0.416 e. The minimum Gasteiger partial charge on any atom is -0.336 e. The number of likely N-dealkylation sites (N-methyl/N-ethyl adjacent to an activating group) is 1. The first-order valence-corrected chi connectivity index (χ1v) is 13.8. The van der Waals surface area contributed by atoms with Crippen LogP contribution in [0.15, 0.2) is 60.0 Å². The number of piperazine rings is 1. The summed E-state index contributed by atoms with van der Waals surface area (Å²) in [6.07, 6.45) is -4.44. The molecule has 1 saturated heterocycles. The summed E-state index contributed by atoms with van der Waals surface area (Å²) in [6, 6.07) is 14.7. The molecule has 12 heteroatoms. The van der Waals surface area contributed by atoms with E-state index in [1.807, 2.05) is 49.3 Å². The van der Waals surface area contributed by atoms with Gasteiger partial charge in [0.1, 0.15) is 5.69 Å². The molecule has 0 radical (unpaired) electrons. The van der Waals surface area contributed by atoms with Crippen LogP contribution in [0.4, 0.5) is 24.0 Å². The van der Waals surface area contributed by atoms with E-state index in [0.29, 0.717) is 44.4 Å². The van der Waals surface area contributed by atoms with E-state index < -0.39 is 11.7 Å². The van der Waals surface area contributed by atoms with E-state index in [2.05, 4.69) is 20.1 Å². The van der Waals surface area contributed by atoms with E-state index in [4.69, 9.17) is 0 Å². The molecule has 0 unspecified atom stereocenters. The Hall–Kier alpha value is -3.48. The Morgan fingerprint density at radius 3 is 2.40 bits per heavy atom. The molecule has 0 spiro atoms. The maximum absolute atomic E-state index is 13.2. The number of rotatable bonds is 10. The quantitative estimate of drug-likeness (QED) is 0.391. The Labute approximate surface area is 236 Å². The molecule has 1 aliphatic heterocycles. The summed E-state index contributed by atoms with van der Waals surface area (Å²) in [5.74, 6) is -0.189. The Kier molecular flexibility index (Phi) is 9.77. The number of alkyl halides is 3. The first-order valence-electron chi connectivity index (χ1n) is 13.0. The topological polar surface area (TPSA) is 72.0 Å². The maximum Gasteiger partial charge on any atom is 0.416 e. The molecule has 1 aliphatic rings. The third kappa shape index (κ3) is 8.26. The van der Waals surface area contributed by atoms with Crippen molar-refractivity contribution >= 4 is 34.0 Å². The summed E-state index contributed by atoms with van der Waals surface area (Å²) in [4.78, 5) is 38.2. The van der Waals surface area contributed by atoms with Crippen molar-refractivity contribution in [2.75, 3.05) is 65.2 Å². The van der Waals surface area contributed by atoms with E-state index in [0.717, 1.165) is 35.6 Å². The molecule has 40 heavy (non-hydrogen) atoms. The van der Waals surface area contributed by atoms with Crippen LogP contribution in [0, 0.1) is 0 Å². The van der Waals surface area contributed by atoms with Gasteiger partial charge in [0.2, 0.25) is 5.91 Å². The molecule has 8 nitrogen and oxygen atoms in total. The summed E-state index contributed by atoms with van der Waals surface area (Å²) in [6.45, 7) is 4.25. The summed E-state index contributed by atoms with van der Waals surface area (Å²) in [7, 11) is 3.96. The number of nitrogens with one attached hydrogen (secondary N) is 1. The fourth-order valence-corrected chi connectivity index (χ4v) is 5.01. The van der Waals surface area contributed by atoms with Gasteiger partial charge in [-0.25, -0.2) is 4.98 Å². The highest BCUT2D eigenvalue weighted by atomic mass is 32.1. The fourth-order valence-electron chi connectivity index (χ4n) is 4.30. The second-order valence-corrected chi connectivity index (χ2v) is 10.8. The summed E-state index contributed by atoms with van der Waals surface area (Å²) < 4.78 is 39.0. The van der Waals surface area contributed by atoms with Crippen LogP contribution >= 0.6 is 11.3 Å². The number of thiazole rings is 1. The number of carbonyl (C=O) groups is 2. The third-order valence-electron chi connectivity index (χ3n) is 6.57. The van der Waals surface area contributed by atoms with Crippen LogP contribution in [-0.2, 0) is 17.5 Å². The van der Waals surface area contributed by atoms with Gasteiger partial charge in [0.25, 0.3) is 5.91 Å². The Morgan fingerprint density at radius 1 is 1.00 bits per heavy atom. The van der Waals surface area contributed by atoms with E-state index in [-0.39, 0.29) is 29.7 Å². The predicted molar refractivity (Wildman–Crippen MR) is 150 cm³/mol. The summed E-state index contributed by atoms with van der Waals surface area (Å²) in [5.41, 5.74) is 0.799. The average Bonchev–Trinajstić information content (AvgIpc) is 3.39. The molecule has 2 heterocycles. The van der Waals surface area contributed by atoms with Crippen molar-refractivity contribution in [3.8, 4) is 0 Å². The predicted octanol–water partition coefficient (Wildman–Crippen LogP) is 4.25. The Balaban J connectivity index is 1.29. The van der Waals surface area contributed by atoms with Crippen molar-refractivity contribution in [1.29, 1.82) is 0 Å². The van der Waals surface area contributed by atoms with Gasteiger partial charge in [0.05, 0.1) is 12.1 Å². The fraction of sp³-hybridized carbons (Fsp3) is 0.393. The molecule has 0 bridgehead atoms. The number of carbonyl (C=O) groups excluding carboxylic acids is 2. The van der Waals surface area contributed by atoms with Gasteiger partial charge in [-0.2, -0.15) is 13.2 Å². The van der Waals surface area contributed by atoms with Crippen LogP contribution in [0.3, 0.4) is 0 Å². The zero-order valence-corrected chi connectivity index (χ0v) is 23.3. The molecule has 4 rings (SSSR count).